The monoisotopic (exact) mass is 1190 g/mol. The first-order valence-corrected chi connectivity index (χ1v) is 25.6. The molecule has 0 fully saturated rings. The Morgan fingerprint density at radius 1 is 0.250 bits per heavy atom. The lowest BCUT2D eigenvalue weighted by Crippen LogP contribution is -2.34. The third kappa shape index (κ3) is 20.4. The smallest absolute Gasteiger partial charge is 0.418 e. The van der Waals surface area contributed by atoms with Gasteiger partial charge >= 0.3 is 29.0 Å². The average Bonchev–Trinajstić information content (AvgIpc) is 3.09. The molecule has 7 aromatic rings. The van der Waals surface area contributed by atoms with E-state index in [1.165, 1.54) is 22.7 Å². The predicted octanol–water partition coefficient (Wildman–Crippen LogP) is 17.3. The molecule has 0 aliphatic carbocycles. The first-order valence-electron chi connectivity index (χ1n) is 25.6. The molecule has 0 unspecified atom stereocenters. The minimum absolute atomic E-state index is 0.727. The Morgan fingerprint density at radius 2 is 0.393 bits per heavy atom. The summed E-state index contributed by atoms with van der Waals surface area (Å²) >= 11 is 0. The van der Waals surface area contributed by atoms with Crippen molar-refractivity contribution < 1.29 is 69.1 Å². The number of nitrogens with one attached hydrogen (secondary N) is 2. The zero-order valence-electron chi connectivity index (χ0n) is 47.9. The van der Waals surface area contributed by atoms with E-state index in [4.69, 9.17) is 9.97 Å². The number of rotatable bonds is 8. The lowest BCUT2D eigenvalue weighted by Gasteiger charge is -2.23. The highest BCUT2D eigenvalue weighted by Gasteiger charge is 2.25. The third-order valence-corrected chi connectivity index (χ3v) is 12.5. The van der Waals surface area contributed by atoms with Crippen molar-refractivity contribution in [3.63, 3.8) is 0 Å². The molecule has 2 aliphatic rings. The summed E-state index contributed by atoms with van der Waals surface area (Å²) in [5.74, 6) is 0. The Bertz CT molecular complexity index is 3130. The molecule has 9 rings (SSSR count). The van der Waals surface area contributed by atoms with Crippen LogP contribution in [0.3, 0.4) is 0 Å². The highest BCUT2D eigenvalue weighted by atomic mass is 19.5. The van der Waals surface area contributed by atoms with Gasteiger partial charge in [-0.3, -0.25) is 17.9 Å². The molecule has 84 heavy (non-hydrogen) atoms. The summed E-state index contributed by atoms with van der Waals surface area (Å²) in [6.07, 6.45) is 8.69. The maximum atomic E-state index is 9.75. The standard InChI is InChI=1S/C56H62N8.4BF4/c1-61(2,3)41-21-13-37(14-22-41)53-45-29-31-47(57-45)54(38-15-23-42(24-16-38)62(4,5)6)49-33-35-51(59-49)56(40-19-27-44(28-20-40)64(10,11)12)52-36-34-50(60-52)55(48-32-30-46(53)58-48)39-17-25-43(26-18-39)63(7,8)9;4*2-1(3,4)5/h13-36,57,60H,1-12H3;;;;/q+4;4*-1. The number of hydrogen-bond donors (Lipinski definition) is 2. The lowest BCUT2D eigenvalue weighted by atomic mass is 10.0. The van der Waals surface area contributed by atoms with E-state index >= 15 is 0 Å². The van der Waals surface area contributed by atoms with Crippen molar-refractivity contribution in [1.82, 2.24) is 37.9 Å². The Balaban J connectivity index is 0.000000558. The molecule has 28 heteroatoms. The van der Waals surface area contributed by atoms with Crippen molar-refractivity contribution in [2.75, 3.05) is 84.6 Å². The molecule has 4 aromatic carbocycles. The quantitative estimate of drug-likeness (QED) is 0.0905. The van der Waals surface area contributed by atoms with Crippen LogP contribution in [0.25, 0.3) is 90.9 Å². The minimum atomic E-state index is -6.00. The largest absolute Gasteiger partial charge is 0.673 e. The fourth-order valence-corrected chi connectivity index (χ4v) is 8.72. The van der Waals surface area contributed by atoms with Crippen LogP contribution in [0.15, 0.2) is 121 Å². The molecule has 2 N–H and O–H groups in total. The molecule has 5 heterocycles. The molecular weight excluding hydrogens is 1130 g/mol. The predicted molar refractivity (Wildman–Crippen MR) is 320 cm³/mol. The van der Waals surface area contributed by atoms with Crippen molar-refractivity contribution in [3.8, 4) is 44.5 Å². The molecule has 8 nitrogen and oxygen atoms in total. The van der Waals surface area contributed by atoms with Gasteiger partial charge < -0.3 is 79.0 Å². The van der Waals surface area contributed by atoms with Gasteiger partial charge in [-0.25, -0.2) is 9.97 Å². The average molecular weight is 1190 g/mol. The SMILES string of the molecule is C[N+](C)(C)c1ccc(-c2c3nc(c(-c4ccc([N+](C)(C)C)cc4)c4ccc([nH]4)c(-c4ccc([N+](C)(C)C)cc4)c4nc(c(-c5ccc([N+](C)(C)C)cc5)c5ccc2[nH]5)C=C4)C=C3)cc1.F[B-](F)(F)F.F[B-](F)(F)F.F[B-](F)(F)F.F[B-](F)(F)F. The number of aromatic amines is 2. The van der Waals surface area contributed by atoms with Crippen LogP contribution in [0.4, 0.5) is 91.8 Å². The molecule has 3 aromatic heterocycles. The summed E-state index contributed by atoms with van der Waals surface area (Å²) in [7, 11) is 2.37. The summed E-state index contributed by atoms with van der Waals surface area (Å²) in [6, 6.07) is 44.5. The molecule has 0 radical (unpaired) electrons. The fourth-order valence-electron chi connectivity index (χ4n) is 8.72. The summed E-state index contributed by atoms with van der Waals surface area (Å²) in [6.45, 7) is 0. The zero-order valence-corrected chi connectivity index (χ0v) is 47.9. The molecule has 8 bridgehead atoms. The number of nitrogens with zero attached hydrogens (tertiary/aromatic N) is 6. The van der Waals surface area contributed by atoms with Crippen LogP contribution in [0, 0.1) is 0 Å². The fraction of sp³-hybridized carbons (Fsp3) is 0.214. The lowest BCUT2D eigenvalue weighted by molar-refractivity contribution is 0.366. The normalized spacial score (nSPS) is 12.9. The van der Waals surface area contributed by atoms with Crippen molar-refractivity contribution in [2.24, 2.45) is 0 Å². The van der Waals surface area contributed by atoms with E-state index in [2.05, 4.69) is 240 Å². The van der Waals surface area contributed by atoms with Gasteiger partial charge in [0.2, 0.25) is 0 Å². The molecule has 0 saturated carbocycles. The van der Waals surface area contributed by atoms with Gasteiger partial charge in [0.05, 0.1) is 107 Å². The van der Waals surface area contributed by atoms with Gasteiger partial charge in [-0.1, -0.05) is 0 Å². The van der Waals surface area contributed by atoms with Crippen LogP contribution >= 0.6 is 0 Å². The van der Waals surface area contributed by atoms with Crippen LogP contribution in [-0.2, 0) is 0 Å². The van der Waals surface area contributed by atoms with Crippen molar-refractivity contribution >= 4 is 98.1 Å². The third-order valence-electron chi connectivity index (χ3n) is 12.5. The Labute approximate surface area is 476 Å². The van der Waals surface area contributed by atoms with Gasteiger partial charge in [0, 0.05) is 44.3 Å². The number of fused-ring (bicyclic) bond motifs is 8. The van der Waals surface area contributed by atoms with E-state index in [0.29, 0.717) is 0 Å². The molecule has 0 saturated heterocycles. The second kappa shape index (κ2) is 25.4. The van der Waals surface area contributed by atoms with Gasteiger partial charge in [0.1, 0.15) is 22.7 Å². The Hall–Kier alpha value is -7.54. The second-order valence-corrected chi connectivity index (χ2v) is 22.7. The van der Waals surface area contributed by atoms with E-state index in [0.717, 1.165) is 107 Å². The highest BCUT2D eigenvalue weighted by Crippen LogP contribution is 2.40. The number of benzene rings is 4. The molecule has 0 atom stereocenters. The number of quaternary nitrogens is 4. The molecule has 0 spiro atoms. The summed E-state index contributed by atoms with van der Waals surface area (Å²) < 4.78 is 159. The number of H-pyrrole nitrogens is 2. The summed E-state index contributed by atoms with van der Waals surface area (Å²) in [5.41, 5.74) is 20.9. The van der Waals surface area contributed by atoms with Gasteiger partial charge in [-0.15, -0.1) is 0 Å². The molecular formula is C56H62B4F16N8. The van der Waals surface area contributed by atoms with E-state index < -0.39 is 29.0 Å². The minimum Gasteiger partial charge on any atom is -0.418 e. The van der Waals surface area contributed by atoms with Crippen LogP contribution < -0.4 is 17.9 Å². The van der Waals surface area contributed by atoms with Gasteiger partial charge in [0.15, 0.2) is 0 Å². The number of halogens is 16. The Morgan fingerprint density at radius 3 is 0.524 bits per heavy atom. The van der Waals surface area contributed by atoms with Gasteiger partial charge in [0.25, 0.3) is 0 Å². The molecule has 2 aliphatic heterocycles. The molecule has 450 valence electrons. The Kier molecular flexibility index (Phi) is 20.3. The number of hydrogen-bond acceptors (Lipinski definition) is 2. The van der Waals surface area contributed by atoms with Gasteiger partial charge in [-0.2, -0.15) is 0 Å². The van der Waals surface area contributed by atoms with E-state index in [-0.39, 0.29) is 0 Å². The van der Waals surface area contributed by atoms with Crippen molar-refractivity contribution in [3.05, 3.63) is 144 Å². The van der Waals surface area contributed by atoms with Gasteiger partial charge in [-0.05, 0) is 168 Å². The van der Waals surface area contributed by atoms with E-state index in [9.17, 15) is 69.1 Å². The van der Waals surface area contributed by atoms with Crippen molar-refractivity contribution in [1.29, 1.82) is 0 Å². The number of aromatic nitrogens is 4. The maximum absolute atomic E-state index is 9.75. The van der Waals surface area contributed by atoms with Crippen molar-refractivity contribution in [2.45, 2.75) is 0 Å². The van der Waals surface area contributed by atoms with Crippen LogP contribution in [0.1, 0.15) is 22.8 Å². The molecule has 0 amide bonds. The van der Waals surface area contributed by atoms with Crippen LogP contribution in [-0.4, -0.2) is 134 Å². The van der Waals surface area contributed by atoms with E-state index in [1.54, 1.807) is 0 Å². The van der Waals surface area contributed by atoms with Crippen LogP contribution in [0.2, 0.25) is 0 Å². The highest BCUT2D eigenvalue weighted by molar-refractivity contribution is 6.51. The first kappa shape index (κ1) is 67.3. The van der Waals surface area contributed by atoms with E-state index in [1.807, 2.05) is 0 Å². The maximum Gasteiger partial charge on any atom is 0.673 e. The zero-order chi connectivity index (χ0) is 63.3. The van der Waals surface area contributed by atoms with Crippen LogP contribution in [0.5, 0.6) is 0 Å². The topological polar surface area (TPSA) is 57.4 Å². The summed E-state index contributed by atoms with van der Waals surface area (Å²) in [4.78, 5) is 18.9. The summed E-state index contributed by atoms with van der Waals surface area (Å²) in [5, 5.41) is 0. The first-order chi connectivity index (χ1) is 38.2. The second-order valence-electron chi connectivity index (χ2n) is 22.7.